The number of anilines is 1. The summed E-state index contributed by atoms with van der Waals surface area (Å²) in [6.45, 7) is 1.52. The van der Waals surface area contributed by atoms with Crippen LogP contribution in [0, 0.1) is 17.0 Å². The first-order valence-corrected chi connectivity index (χ1v) is 11.5. The van der Waals surface area contributed by atoms with Gasteiger partial charge in [0.15, 0.2) is 11.5 Å². The van der Waals surface area contributed by atoms with Crippen LogP contribution in [0.4, 0.5) is 16.2 Å². The van der Waals surface area contributed by atoms with E-state index in [2.05, 4.69) is 10.6 Å². The van der Waals surface area contributed by atoms with Crippen molar-refractivity contribution >= 4 is 35.3 Å². The third-order valence-corrected chi connectivity index (χ3v) is 5.58. The molecule has 1 fully saturated rings. The summed E-state index contributed by atoms with van der Waals surface area (Å²) in [5, 5.41) is 16.1. The van der Waals surface area contributed by atoms with E-state index in [1.807, 2.05) is 13.0 Å². The molecule has 1 aliphatic rings. The van der Waals surface area contributed by atoms with E-state index in [9.17, 15) is 24.5 Å². The molecule has 2 N–H and O–H groups in total. The van der Waals surface area contributed by atoms with E-state index in [4.69, 9.17) is 9.47 Å². The van der Waals surface area contributed by atoms with Crippen molar-refractivity contribution in [3.8, 4) is 11.5 Å². The number of imide groups is 1. The molecule has 0 saturated carbocycles. The van der Waals surface area contributed by atoms with E-state index in [0.717, 1.165) is 10.5 Å². The first-order valence-electron chi connectivity index (χ1n) is 11.5. The van der Waals surface area contributed by atoms with E-state index in [1.54, 1.807) is 48.5 Å². The quantitative estimate of drug-likeness (QED) is 0.189. The summed E-state index contributed by atoms with van der Waals surface area (Å²) in [5.41, 5.74) is 2.64. The van der Waals surface area contributed by atoms with Gasteiger partial charge >= 0.3 is 6.03 Å². The maximum atomic E-state index is 12.8. The molecule has 38 heavy (non-hydrogen) atoms. The highest BCUT2D eigenvalue weighted by Gasteiger charge is 2.35. The average Bonchev–Trinajstić information content (AvgIpc) is 3.15. The van der Waals surface area contributed by atoms with Crippen LogP contribution in [0.1, 0.15) is 16.7 Å². The van der Waals surface area contributed by atoms with E-state index in [-0.39, 0.29) is 18.0 Å². The second kappa shape index (κ2) is 11.2. The van der Waals surface area contributed by atoms with Gasteiger partial charge in [-0.2, -0.15) is 0 Å². The summed E-state index contributed by atoms with van der Waals surface area (Å²) in [4.78, 5) is 48.9. The lowest BCUT2D eigenvalue weighted by Crippen LogP contribution is -2.38. The third kappa shape index (κ3) is 6.13. The van der Waals surface area contributed by atoms with E-state index >= 15 is 0 Å². The zero-order chi connectivity index (χ0) is 27.2. The van der Waals surface area contributed by atoms with Crippen LogP contribution in [0.15, 0.2) is 72.4 Å². The first kappa shape index (κ1) is 25.9. The van der Waals surface area contributed by atoms with Crippen LogP contribution >= 0.6 is 0 Å². The Kier molecular flexibility index (Phi) is 7.66. The van der Waals surface area contributed by atoms with Gasteiger partial charge in [0.1, 0.15) is 18.8 Å². The molecule has 0 aromatic heterocycles. The predicted octanol–water partition coefficient (Wildman–Crippen LogP) is 4.02. The minimum Gasteiger partial charge on any atom is -0.493 e. The minimum absolute atomic E-state index is 0.00525. The Bertz CT molecular complexity index is 1450. The number of rotatable bonds is 9. The number of benzene rings is 3. The number of hydrogen-bond donors (Lipinski definition) is 2. The number of ether oxygens (including phenoxy) is 2. The molecular weight excluding hydrogens is 492 g/mol. The highest BCUT2D eigenvalue weighted by Crippen LogP contribution is 2.30. The summed E-state index contributed by atoms with van der Waals surface area (Å²) in [6.07, 6.45) is 1.46. The molecule has 1 saturated heterocycles. The van der Waals surface area contributed by atoms with Gasteiger partial charge in [0.2, 0.25) is 5.91 Å². The van der Waals surface area contributed by atoms with Crippen molar-refractivity contribution in [3.05, 3.63) is 99.2 Å². The fourth-order valence-corrected chi connectivity index (χ4v) is 3.76. The van der Waals surface area contributed by atoms with Gasteiger partial charge in [-0.1, -0.05) is 30.3 Å². The molecular formula is C27H24N4O7. The van der Waals surface area contributed by atoms with Crippen molar-refractivity contribution in [2.24, 2.45) is 0 Å². The van der Waals surface area contributed by atoms with Crippen LogP contribution in [0.3, 0.4) is 0 Å². The summed E-state index contributed by atoms with van der Waals surface area (Å²) in [7, 11) is 1.45. The van der Waals surface area contributed by atoms with Crippen molar-refractivity contribution in [2.75, 3.05) is 19.0 Å². The number of amides is 4. The number of carbonyl (C=O) groups is 3. The number of methoxy groups -OCH3 is 1. The number of carbonyl (C=O) groups excluding carboxylic acids is 3. The fourth-order valence-electron chi connectivity index (χ4n) is 3.76. The Balaban J connectivity index is 1.43. The van der Waals surface area contributed by atoms with Crippen LogP contribution in [-0.2, 0) is 16.2 Å². The lowest BCUT2D eigenvalue weighted by Gasteiger charge is -2.12. The van der Waals surface area contributed by atoms with Crippen LogP contribution < -0.4 is 20.1 Å². The second-order valence-electron chi connectivity index (χ2n) is 8.42. The topological polar surface area (TPSA) is 140 Å². The van der Waals surface area contributed by atoms with E-state index in [0.29, 0.717) is 28.3 Å². The molecule has 0 unspecified atom stereocenters. The number of nitrogens with one attached hydrogen (secondary N) is 2. The highest BCUT2D eigenvalue weighted by molar-refractivity contribution is 6.16. The van der Waals surface area contributed by atoms with Crippen molar-refractivity contribution < 1.29 is 28.8 Å². The van der Waals surface area contributed by atoms with Gasteiger partial charge in [0.25, 0.3) is 11.6 Å². The molecule has 0 radical (unpaired) electrons. The molecule has 3 aromatic carbocycles. The summed E-state index contributed by atoms with van der Waals surface area (Å²) in [6, 6.07) is 17.5. The summed E-state index contributed by atoms with van der Waals surface area (Å²) in [5.74, 6) is -0.403. The van der Waals surface area contributed by atoms with Gasteiger partial charge in [-0.05, 0) is 54.0 Å². The normalized spacial score (nSPS) is 13.8. The van der Waals surface area contributed by atoms with Crippen molar-refractivity contribution in [1.29, 1.82) is 0 Å². The van der Waals surface area contributed by atoms with Crippen LogP contribution in [0.5, 0.6) is 11.5 Å². The predicted molar refractivity (Wildman–Crippen MR) is 138 cm³/mol. The molecule has 4 amide bonds. The molecule has 0 aliphatic carbocycles. The second-order valence-corrected chi connectivity index (χ2v) is 8.42. The Morgan fingerprint density at radius 3 is 2.61 bits per heavy atom. The standard InChI is InChI=1S/C27H24N4O7/c1-17-5-3-7-20(11-17)28-25(32)15-30-26(33)22(29-27(30)34)13-18-9-10-23(24(14-18)37-2)38-16-19-6-4-8-21(12-19)31(35)36/h3-14H,15-16H2,1-2H3,(H,28,32)(H,29,34). The largest absolute Gasteiger partial charge is 0.493 e. The molecule has 4 rings (SSSR count). The van der Waals surface area contributed by atoms with Gasteiger partial charge in [-0.3, -0.25) is 19.7 Å². The lowest BCUT2D eigenvalue weighted by molar-refractivity contribution is -0.384. The number of nitro groups is 1. The first-order chi connectivity index (χ1) is 18.2. The number of nitro benzene ring substituents is 1. The molecule has 11 heteroatoms. The van der Waals surface area contributed by atoms with E-state index < -0.39 is 29.3 Å². The van der Waals surface area contributed by atoms with Crippen molar-refractivity contribution in [3.63, 3.8) is 0 Å². The Hall–Kier alpha value is -5.19. The van der Waals surface area contributed by atoms with Crippen molar-refractivity contribution in [1.82, 2.24) is 10.2 Å². The number of urea groups is 1. The van der Waals surface area contributed by atoms with Gasteiger partial charge in [0.05, 0.1) is 12.0 Å². The van der Waals surface area contributed by atoms with Gasteiger partial charge in [0, 0.05) is 17.8 Å². The average molecular weight is 517 g/mol. The molecule has 0 bridgehead atoms. The maximum absolute atomic E-state index is 12.8. The number of hydrogen-bond acceptors (Lipinski definition) is 7. The highest BCUT2D eigenvalue weighted by atomic mass is 16.6. The molecule has 194 valence electrons. The summed E-state index contributed by atoms with van der Waals surface area (Å²) < 4.78 is 11.2. The van der Waals surface area contributed by atoms with E-state index in [1.165, 1.54) is 25.3 Å². The van der Waals surface area contributed by atoms with Gasteiger partial charge in [-0.15, -0.1) is 0 Å². The van der Waals surface area contributed by atoms with Gasteiger partial charge < -0.3 is 20.1 Å². The number of nitrogens with zero attached hydrogens (tertiary/aromatic N) is 2. The monoisotopic (exact) mass is 516 g/mol. The fraction of sp³-hybridized carbons (Fsp3) is 0.148. The summed E-state index contributed by atoms with van der Waals surface area (Å²) >= 11 is 0. The lowest BCUT2D eigenvalue weighted by atomic mass is 10.1. The molecule has 1 aliphatic heterocycles. The van der Waals surface area contributed by atoms with Crippen LogP contribution in [-0.4, -0.2) is 41.3 Å². The third-order valence-electron chi connectivity index (χ3n) is 5.58. The molecule has 0 atom stereocenters. The molecule has 0 spiro atoms. The van der Waals surface area contributed by atoms with Gasteiger partial charge in [-0.25, -0.2) is 9.69 Å². The van der Waals surface area contributed by atoms with Crippen molar-refractivity contribution in [2.45, 2.75) is 13.5 Å². The molecule has 11 nitrogen and oxygen atoms in total. The SMILES string of the molecule is COc1cc(C=C2NC(=O)N(CC(=O)Nc3cccc(C)c3)C2=O)ccc1OCc1cccc([N+](=O)[O-])c1. The smallest absolute Gasteiger partial charge is 0.329 e. The Labute approximate surface area is 217 Å². The van der Waals surface area contributed by atoms with Crippen LogP contribution in [0.2, 0.25) is 0 Å². The number of aryl methyl sites for hydroxylation is 1. The Morgan fingerprint density at radius 2 is 1.87 bits per heavy atom. The number of non-ortho nitro benzene ring substituents is 1. The van der Waals surface area contributed by atoms with Crippen LogP contribution in [0.25, 0.3) is 6.08 Å². The molecule has 1 heterocycles. The maximum Gasteiger partial charge on any atom is 0.329 e. The Morgan fingerprint density at radius 1 is 1.08 bits per heavy atom. The molecule has 3 aromatic rings. The minimum atomic E-state index is -0.704. The zero-order valence-corrected chi connectivity index (χ0v) is 20.6. The zero-order valence-electron chi connectivity index (χ0n) is 20.6.